The maximum absolute atomic E-state index is 13.7. The SMILES string of the molecule is CCC(NC(=O)NCP(=O)(c1ccccc1)c1ccccc1)(C(F)(F)F)C(F)(F)F. The highest BCUT2D eigenvalue weighted by Crippen LogP contribution is 2.45. The molecule has 0 aliphatic carbocycles. The van der Waals surface area contributed by atoms with Gasteiger partial charge in [0.1, 0.15) is 0 Å². The summed E-state index contributed by atoms with van der Waals surface area (Å²) in [5.41, 5.74) is -4.42. The number of rotatable bonds is 6. The van der Waals surface area contributed by atoms with Gasteiger partial charge in [-0.05, 0) is 6.42 Å². The Bertz CT molecular complexity index is 843. The fraction of sp³-hybridized carbons (Fsp3) is 0.316. The van der Waals surface area contributed by atoms with Crippen LogP contribution in [0.2, 0.25) is 0 Å². The molecule has 30 heavy (non-hydrogen) atoms. The van der Waals surface area contributed by atoms with Crippen LogP contribution in [0.3, 0.4) is 0 Å². The van der Waals surface area contributed by atoms with Gasteiger partial charge in [0.2, 0.25) is 5.54 Å². The fourth-order valence-corrected chi connectivity index (χ4v) is 5.22. The molecule has 0 radical (unpaired) electrons. The van der Waals surface area contributed by atoms with E-state index >= 15 is 0 Å². The summed E-state index contributed by atoms with van der Waals surface area (Å²) in [5.74, 6) is 0. The van der Waals surface area contributed by atoms with Crippen LogP contribution in [0.15, 0.2) is 60.7 Å². The zero-order valence-electron chi connectivity index (χ0n) is 15.7. The molecule has 164 valence electrons. The van der Waals surface area contributed by atoms with Gasteiger partial charge in [-0.2, -0.15) is 26.3 Å². The Hall–Kier alpha value is -2.48. The lowest BCUT2D eigenvalue weighted by atomic mass is 9.94. The molecular formula is C19H19F6N2O2P. The molecule has 2 N–H and O–H groups in total. The monoisotopic (exact) mass is 452 g/mol. The van der Waals surface area contributed by atoms with Crippen molar-refractivity contribution in [1.82, 2.24) is 10.6 Å². The summed E-state index contributed by atoms with van der Waals surface area (Å²) in [7, 11) is -3.57. The molecule has 0 atom stereocenters. The number of benzene rings is 2. The number of urea groups is 1. The quantitative estimate of drug-likeness (QED) is 0.500. The summed E-state index contributed by atoms with van der Waals surface area (Å²) in [6, 6.07) is 14.0. The van der Waals surface area contributed by atoms with E-state index in [4.69, 9.17) is 0 Å². The van der Waals surface area contributed by atoms with Gasteiger partial charge in [-0.3, -0.25) is 0 Å². The minimum Gasteiger partial charge on any atom is -0.331 e. The normalized spacial score (nSPS) is 13.0. The van der Waals surface area contributed by atoms with Gasteiger partial charge in [0.25, 0.3) is 0 Å². The molecule has 2 aromatic rings. The first-order chi connectivity index (χ1) is 13.9. The number of hydrogen-bond donors (Lipinski definition) is 2. The van der Waals surface area contributed by atoms with E-state index in [1.165, 1.54) is 24.3 Å². The average molecular weight is 452 g/mol. The first kappa shape index (κ1) is 23.8. The standard InChI is InChI=1S/C19H19F6N2O2P/c1-2-17(18(20,21)22,19(23,24)25)27-16(28)26-13-30(29,14-9-5-3-6-10-14)15-11-7-4-8-12-15/h3-12H,2,13H2,1H3,(H2,26,27,28). The molecule has 11 heteroatoms. The van der Waals surface area contributed by atoms with Crippen molar-refractivity contribution in [1.29, 1.82) is 0 Å². The van der Waals surface area contributed by atoms with Gasteiger partial charge in [-0.25, -0.2) is 4.79 Å². The van der Waals surface area contributed by atoms with Crippen molar-refractivity contribution in [2.45, 2.75) is 31.2 Å². The van der Waals surface area contributed by atoms with Gasteiger partial charge in [0, 0.05) is 10.6 Å². The van der Waals surface area contributed by atoms with Crippen LogP contribution in [-0.4, -0.2) is 30.2 Å². The van der Waals surface area contributed by atoms with Gasteiger partial charge >= 0.3 is 18.4 Å². The van der Waals surface area contributed by atoms with Crippen LogP contribution >= 0.6 is 7.14 Å². The summed E-state index contributed by atoms with van der Waals surface area (Å²) >= 11 is 0. The molecule has 2 amide bonds. The zero-order valence-corrected chi connectivity index (χ0v) is 16.6. The maximum Gasteiger partial charge on any atom is 0.420 e. The molecule has 0 unspecified atom stereocenters. The van der Waals surface area contributed by atoms with Crippen LogP contribution in [0.4, 0.5) is 31.1 Å². The van der Waals surface area contributed by atoms with E-state index in [-0.39, 0.29) is 0 Å². The summed E-state index contributed by atoms with van der Waals surface area (Å²) in [4.78, 5) is 12.1. The minimum atomic E-state index is -5.78. The Kier molecular flexibility index (Phi) is 6.91. The maximum atomic E-state index is 13.7. The molecule has 0 aromatic heterocycles. The Morgan fingerprint density at radius 1 is 0.833 bits per heavy atom. The zero-order chi connectivity index (χ0) is 22.6. The van der Waals surface area contributed by atoms with Crippen LogP contribution in [-0.2, 0) is 4.57 Å². The van der Waals surface area contributed by atoms with Crippen molar-refractivity contribution in [2.24, 2.45) is 0 Å². The van der Waals surface area contributed by atoms with Gasteiger partial charge in [-0.15, -0.1) is 0 Å². The second-order valence-electron chi connectivity index (χ2n) is 6.45. The van der Waals surface area contributed by atoms with Crippen LogP contribution in [0.25, 0.3) is 0 Å². The van der Waals surface area contributed by atoms with E-state index in [0.29, 0.717) is 17.5 Å². The number of hydrogen-bond acceptors (Lipinski definition) is 2. The van der Waals surface area contributed by atoms with Crippen LogP contribution in [0.5, 0.6) is 0 Å². The van der Waals surface area contributed by atoms with E-state index in [9.17, 15) is 35.7 Å². The molecule has 0 aliphatic rings. The second-order valence-corrected chi connectivity index (χ2v) is 9.28. The lowest BCUT2D eigenvalue weighted by molar-refractivity contribution is -0.304. The number of nitrogens with one attached hydrogen (secondary N) is 2. The van der Waals surface area contributed by atoms with E-state index in [0.717, 1.165) is 5.32 Å². The lowest BCUT2D eigenvalue weighted by Crippen LogP contribution is -2.68. The molecular weight excluding hydrogens is 433 g/mol. The van der Waals surface area contributed by atoms with E-state index in [1.54, 1.807) is 36.4 Å². The van der Waals surface area contributed by atoms with Crippen molar-refractivity contribution in [2.75, 3.05) is 6.29 Å². The summed E-state index contributed by atoms with van der Waals surface area (Å²) in [6.07, 6.45) is -13.7. The Labute approximate surface area is 169 Å². The molecule has 0 heterocycles. The third-order valence-electron chi connectivity index (χ3n) is 4.63. The fourth-order valence-electron chi connectivity index (χ4n) is 2.88. The van der Waals surface area contributed by atoms with Crippen LogP contribution in [0, 0.1) is 0 Å². The van der Waals surface area contributed by atoms with Crippen molar-refractivity contribution in [3.8, 4) is 0 Å². The minimum absolute atomic E-state index is 0.296. The Morgan fingerprint density at radius 3 is 1.57 bits per heavy atom. The molecule has 2 rings (SSSR count). The Balaban J connectivity index is 2.32. The lowest BCUT2D eigenvalue weighted by Gasteiger charge is -2.37. The van der Waals surface area contributed by atoms with E-state index in [1.807, 2.05) is 5.32 Å². The third kappa shape index (κ3) is 4.64. The third-order valence-corrected chi connectivity index (χ3v) is 7.50. The molecule has 0 aliphatic heterocycles. The highest BCUT2D eigenvalue weighted by Gasteiger charge is 2.70. The van der Waals surface area contributed by atoms with E-state index in [2.05, 4.69) is 0 Å². The predicted octanol–water partition coefficient (Wildman–Crippen LogP) is 4.53. The topological polar surface area (TPSA) is 58.2 Å². The number of carbonyl (C=O) groups is 1. The smallest absolute Gasteiger partial charge is 0.331 e. The van der Waals surface area contributed by atoms with Crippen molar-refractivity contribution in [3.63, 3.8) is 0 Å². The summed E-state index contributed by atoms with van der Waals surface area (Å²) in [5, 5.41) is 3.55. The number of carbonyl (C=O) groups excluding carboxylic acids is 1. The number of amides is 2. The first-order valence-corrected chi connectivity index (χ1v) is 10.7. The molecule has 2 aromatic carbocycles. The van der Waals surface area contributed by atoms with Crippen molar-refractivity contribution < 1.29 is 35.7 Å². The highest BCUT2D eigenvalue weighted by molar-refractivity contribution is 7.78. The van der Waals surface area contributed by atoms with E-state index < -0.39 is 43.8 Å². The molecule has 0 fully saturated rings. The number of halogens is 6. The van der Waals surface area contributed by atoms with Gasteiger partial charge < -0.3 is 15.2 Å². The van der Waals surface area contributed by atoms with Crippen molar-refractivity contribution >= 4 is 23.8 Å². The predicted molar refractivity (Wildman–Crippen MR) is 101 cm³/mol. The molecule has 0 saturated heterocycles. The van der Waals surface area contributed by atoms with Crippen LogP contribution in [0.1, 0.15) is 13.3 Å². The second kappa shape index (κ2) is 8.71. The van der Waals surface area contributed by atoms with Gasteiger partial charge in [0.05, 0.1) is 6.29 Å². The highest BCUT2D eigenvalue weighted by atomic mass is 31.2. The van der Waals surface area contributed by atoms with Gasteiger partial charge in [-0.1, -0.05) is 67.6 Å². The number of alkyl halides is 6. The molecule has 0 bridgehead atoms. The van der Waals surface area contributed by atoms with Crippen molar-refractivity contribution in [3.05, 3.63) is 60.7 Å². The average Bonchev–Trinajstić information content (AvgIpc) is 2.69. The van der Waals surface area contributed by atoms with Gasteiger partial charge in [0.15, 0.2) is 7.14 Å². The van der Waals surface area contributed by atoms with Crippen LogP contribution < -0.4 is 21.2 Å². The largest absolute Gasteiger partial charge is 0.420 e. The first-order valence-electron chi connectivity index (χ1n) is 8.77. The summed E-state index contributed by atoms with van der Waals surface area (Å²) in [6.45, 7) is 0.667. The molecule has 4 nitrogen and oxygen atoms in total. The Morgan fingerprint density at radius 2 is 1.23 bits per heavy atom. The molecule has 0 spiro atoms. The summed E-state index contributed by atoms with van der Waals surface area (Å²) < 4.78 is 93.0. The molecule has 0 saturated carbocycles.